The smallest absolute Gasteiger partial charge is 0.150 e. The van der Waals surface area contributed by atoms with Crippen molar-refractivity contribution in [1.29, 1.82) is 0 Å². The summed E-state index contributed by atoms with van der Waals surface area (Å²) in [4.78, 5) is 9.09. The fraction of sp³-hybridized carbons (Fsp3) is 0.120. The summed E-state index contributed by atoms with van der Waals surface area (Å²) in [7, 11) is 1.69. The van der Waals surface area contributed by atoms with Crippen LogP contribution in [0.15, 0.2) is 72.9 Å². The maximum atomic E-state index is 6.13. The molecule has 142 valence electrons. The van der Waals surface area contributed by atoms with Crippen molar-refractivity contribution in [3.8, 4) is 5.75 Å². The Bertz CT molecular complexity index is 1360. The predicted octanol–water partition coefficient (Wildman–Crippen LogP) is 5.31. The zero-order valence-electron chi connectivity index (χ0n) is 16.2. The lowest BCUT2D eigenvalue weighted by atomic mass is 10.0. The van der Waals surface area contributed by atoms with Gasteiger partial charge in [-0.15, -0.1) is 0 Å². The van der Waals surface area contributed by atoms with Gasteiger partial charge in [-0.3, -0.25) is 4.98 Å². The van der Waals surface area contributed by atoms with Gasteiger partial charge in [-0.2, -0.15) is 0 Å². The second-order valence-electron chi connectivity index (χ2n) is 7.30. The molecule has 0 aliphatic heterocycles. The summed E-state index contributed by atoms with van der Waals surface area (Å²) >= 11 is 0. The molecular weight excluding hydrogens is 358 g/mol. The van der Waals surface area contributed by atoms with Crippen LogP contribution < -0.4 is 10.5 Å². The van der Waals surface area contributed by atoms with Crippen LogP contribution in [-0.2, 0) is 12.8 Å². The lowest BCUT2D eigenvalue weighted by molar-refractivity contribution is 0.415. The second-order valence-corrected chi connectivity index (χ2v) is 7.30. The number of pyridine rings is 2. The van der Waals surface area contributed by atoms with E-state index in [4.69, 9.17) is 10.5 Å². The van der Waals surface area contributed by atoms with Crippen LogP contribution in [0.5, 0.6) is 5.75 Å². The van der Waals surface area contributed by atoms with Crippen molar-refractivity contribution in [3.63, 3.8) is 0 Å². The van der Waals surface area contributed by atoms with Gasteiger partial charge in [0.15, 0.2) is 5.82 Å². The molecule has 0 radical (unpaired) electrons. The van der Waals surface area contributed by atoms with Gasteiger partial charge in [0.1, 0.15) is 11.3 Å². The summed E-state index contributed by atoms with van der Waals surface area (Å²) in [6, 6.07) is 23.0. The molecule has 0 fully saturated rings. The number of nitrogens with two attached hydrogens (primary N) is 1. The minimum Gasteiger partial charge on any atom is -0.497 e. The third-order valence-electron chi connectivity index (χ3n) is 5.44. The number of nitrogens with zero attached hydrogens (tertiary/aromatic N) is 2. The number of anilines is 1. The highest BCUT2D eigenvalue weighted by Crippen LogP contribution is 2.27. The third kappa shape index (κ3) is 3.23. The number of aromatic nitrogens is 2. The molecule has 0 spiro atoms. The SMILES string of the molecule is COc1ccc2cc(CCc3cnc4c(N)nc5ccccc5c4c3)ccc2c1. The van der Waals surface area contributed by atoms with E-state index in [0.29, 0.717) is 5.82 Å². The van der Waals surface area contributed by atoms with E-state index in [0.717, 1.165) is 40.4 Å². The average Bonchev–Trinajstić information content (AvgIpc) is 2.77. The molecule has 2 heterocycles. The molecule has 0 amide bonds. The highest BCUT2D eigenvalue weighted by atomic mass is 16.5. The molecule has 4 heteroatoms. The lowest BCUT2D eigenvalue weighted by Gasteiger charge is -2.09. The molecule has 0 saturated carbocycles. The number of nitrogen functional groups attached to an aromatic ring is 1. The molecule has 0 aliphatic rings. The van der Waals surface area contributed by atoms with Gasteiger partial charge in [0, 0.05) is 17.0 Å². The summed E-state index contributed by atoms with van der Waals surface area (Å²) in [5, 5.41) is 4.57. The minimum atomic E-state index is 0.482. The Morgan fingerprint density at radius 2 is 1.62 bits per heavy atom. The molecule has 0 bridgehead atoms. The minimum absolute atomic E-state index is 0.482. The molecule has 2 N–H and O–H groups in total. The van der Waals surface area contributed by atoms with Crippen molar-refractivity contribution in [1.82, 2.24) is 9.97 Å². The Balaban J connectivity index is 1.46. The quantitative estimate of drug-likeness (QED) is 0.430. The summed E-state index contributed by atoms with van der Waals surface area (Å²) in [5.41, 5.74) is 10.3. The number of ether oxygens (including phenoxy) is 1. The van der Waals surface area contributed by atoms with Gasteiger partial charge in [-0.05, 0) is 59.0 Å². The van der Waals surface area contributed by atoms with E-state index in [1.54, 1.807) is 7.11 Å². The molecule has 5 aromatic rings. The summed E-state index contributed by atoms with van der Waals surface area (Å²) < 4.78 is 5.31. The predicted molar refractivity (Wildman–Crippen MR) is 119 cm³/mol. The molecular formula is C25H21N3O. The molecule has 0 aliphatic carbocycles. The van der Waals surface area contributed by atoms with Crippen molar-refractivity contribution < 1.29 is 4.74 Å². The van der Waals surface area contributed by atoms with Crippen LogP contribution in [0.1, 0.15) is 11.1 Å². The molecule has 0 saturated heterocycles. The van der Waals surface area contributed by atoms with Crippen LogP contribution >= 0.6 is 0 Å². The first-order valence-corrected chi connectivity index (χ1v) is 9.71. The fourth-order valence-corrected chi connectivity index (χ4v) is 3.88. The van der Waals surface area contributed by atoms with Gasteiger partial charge >= 0.3 is 0 Å². The Morgan fingerprint density at radius 1 is 0.828 bits per heavy atom. The summed E-state index contributed by atoms with van der Waals surface area (Å²) in [6.07, 6.45) is 3.79. The van der Waals surface area contributed by atoms with Crippen LogP contribution in [0.3, 0.4) is 0 Å². The van der Waals surface area contributed by atoms with Gasteiger partial charge in [0.25, 0.3) is 0 Å². The first kappa shape index (κ1) is 17.4. The van der Waals surface area contributed by atoms with Crippen molar-refractivity contribution in [2.24, 2.45) is 0 Å². The zero-order chi connectivity index (χ0) is 19.8. The van der Waals surface area contributed by atoms with Crippen LogP contribution in [0, 0.1) is 0 Å². The molecule has 0 unspecified atom stereocenters. The monoisotopic (exact) mass is 379 g/mol. The second kappa shape index (κ2) is 7.06. The van der Waals surface area contributed by atoms with Crippen molar-refractivity contribution in [3.05, 3.63) is 84.1 Å². The van der Waals surface area contributed by atoms with E-state index in [9.17, 15) is 0 Å². The largest absolute Gasteiger partial charge is 0.497 e. The normalized spacial score (nSPS) is 11.3. The molecule has 3 aromatic carbocycles. The first-order valence-electron chi connectivity index (χ1n) is 9.71. The standard InChI is InChI=1S/C25H21N3O/c1-29-20-11-10-18-12-16(8-9-19(18)14-20)6-7-17-13-22-21-4-2-3-5-23(21)28-25(26)24(22)27-15-17/h2-5,8-15H,6-7H2,1H3,(H2,26,28). The number of methoxy groups -OCH3 is 1. The van der Waals surface area contributed by atoms with E-state index in [-0.39, 0.29) is 0 Å². The van der Waals surface area contributed by atoms with Crippen LogP contribution in [0.4, 0.5) is 5.82 Å². The summed E-state index contributed by atoms with van der Waals surface area (Å²) in [6.45, 7) is 0. The topological polar surface area (TPSA) is 61.0 Å². The maximum Gasteiger partial charge on any atom is 0.150 e. The number of rotatable bonds is 4. The number of hydrogen-bond donors (Lipinski definition) is 1. The highest BCUT2D eigenvalue weighted by Gasteiger charge is 2.08. The van der Waals surface area contributed by atoms with Gasteiger partial charge < -0.3 is 10.5 Å². The van der Waals surface area contributed by atoms with Gasteiger partial charge in [-0.25, -0.2) is 4.98 Å². The first-order chi connectivity index (χ1) is 14.2. The number of benzene rings is 3. The highest BCUT2D eigenvalue weighted by molar-refractivity contribution is 6.08. The Labute approximate surface area is 169 Å². The molecule has 4 nitrogen and oxygen atoms in total. The van der Waals surface area contributed by atoms with Crippen molar-refractivity contribution in [2.45, 2.75) is 12.8 Å². The van der Waals surface area contributed by atoms with Gasteiger partial charge in [-0.1, -0.05) is 42.5 Å². The van der Waals surface area contributed by atoms with E-state index < -0.39 is 0 Å². The van der Waals surface area contributed by atoms with E-state index >= 15 is 0 Å². The number of para-hydroxylation sites is 1. The number of aryl methyl sites for hydroxylation is 2. The fourth-order valence-electron chi connectivity index (χ4n) is 3.88. The van der Waals surface area contributed by atoms with Crippen molar-refractivity contribution >= 4 is 38.4 Å². The van der Waals surface area contributed by atoms with Crippen LogP contribution in [0.2, 0.25) is 0 Å². The Morgan fingerprint density at radius 3 is 2.52 bits per heavy atom. The van der Waals surface area contributed by atoms with E-state index in [1.807, 2.05) is 30.5 Å². The number of fused-ring (bicyclic) bond motifs is 4. The van der Waals surface area contributed by atoms with E-state index in [1.165, 1.54) is 21.9 Å². The van der Waals surface area contributed by atoms with Crippen molar-refractivity contribution in [2.75, 3.05) is 12.8 Å². The maximum absolute atomic E-state index is 6.13. The average molecular weight is 379 g/mol. The summed E-state index contributed by atoms with van der Waals surface area (Å²) in [5.74, 6) is 1.36. The van der Waals surface area contributed by atoms with Gasteiger partial charge in [0.05, 0.1) is 12.6 Å². The van der Waals surface area contributed by atoms with Crippen LogP contribution in [-0.4, -0.2) is 17.1 Å². The zero-order valence-corrected chi connectivity index (χ0v) is 16.2. The van der Waals surface area contributed by atoms with E-state index in [2.05, 4.69) is 52.4 Å². The lowest BCUT2D eigenvalue weighted by Crippen LogP contribution is -1.98. The molecule has 2 aromatic heterocycles. The number of hydrogen-bond acceptors (Lipinski definition) is 4. The molecule has 29 heavy (non-hydrogen) atoms. The molecule has 5 rings (SSSR count). The molecule has 0 atom stereocenters. The van der Waals surface area contributed by atoms with Gasteiger partial charge in [0.2, 0.25) is 0 Å². The third-order valence-corrected chi connectivity index (χ3v) is 5.44. The Hall–Kier alpha value is -3.66. The Kier molecular flexibility index (Phi) is 4.24. The van der Waals surface area contributed by atoms with Crippen LogP contribution in [0.25, 0.3) is 32.6 Å².